The van der Waals surface area contributed by atoms with Gasteiger partial charge in [0, 0.05) is 16.8 Å². The smallest absolute Gasteiger partial charge is 0.241 e. The molecule has 3 rings (SSSR count). The Morgan fingerprint density at radius 1 is 1.14 bits per heavy atom. The van der Waals surface area contributed by atoms with E-state index in [1.807, 2.05) is 18.2 Å². The lowest BCUT2D eigenvalue weighted by Gasteiger charge is -2.28. The van der Waals surface area contributed by atoms with Crippen molar-refractivity contribution in [3.8, 4) is 0 Å². The molecule has 0 atom stereocenters. The number of nitrogens with one attached hydrogen (secondary N) is 2. The molecule has 0 aliphatic heterocycles. The van der Waals surface area contributed by atoms with Gasteiger partial charge in [-0.05, 0) is 47.9 Å². The number of carbonyl (C=O) groups is 1. The van der Waals surface area contributed by atoms with Crippen molar-refractivity contribution in [2.24, 2.45) is 0 Å². The molecule has 28 heavy (non-hydrogen) atoms. The number of sulfonamides is 1. The normalized spacial score (nSPS) is 16.4. The lowest BCUT2D eigenvalue weighted by Crippen LogP contribution is -2.43. The van der Waals surface area contributed by atoms with Crippen LogP contribution in [0.5, 0.6) is 0 Å². The highest BCUT2D eigenvalue weighted by Crippen LogP contribution is 2.42. The van der Waals surface area contributed by atoms with Crippen LogP contribution >= 0.6 is 11.3 Å². The molecule has 1 aliphatic rings. The summed E-state index contributed by atoms with van der Waals surface area (Å²) >= 11 is 1.73. The van der Waals surface area contributed by atoms with Crippen molar-refractivity contribution in [2.45, 2.75) is 55.8 Å². The molecule has 0 saturated heterocycles. The van der Waals surface area contributed by atoms with Crippen LogP contribution in [-0.2, 0) is 20.2 Å². The Morgan fingerprint density at radius 3 is 2.39 bits per heavy atom. The Kier molecular flexibility index (Phi) is 6.58. The molecule has 0 radical (unpaired) electrons. The van der Waals surface area contributed by atoms with E-state index in [0.29, 0.717) is 12.5 Å². The number of benzene rings is 1. The number of carbonyl (C=O) groups excluding carboxylic acids is 1. The molecule has 2 aromatic rings. The molecule has 0 unspecified atom stereocenters. The topological polar surface area (TPSA) is 75.3 Å². The zero-order valence-electron chi connectivity index (χ0n) is 16.4. The van der Waals surface area contributed by atoms with Gasteiger partial charge in [0.15, 0.2) is 0 Å². The Labute approximate surface area is 171 Å². The van der Waals surface area contributed by atoms with E-state index in [1.165, 1.54) is 4.88 Å². The molecule has 0 bridgehead atoms. The molecule has 152 valence electrons. The number of hydrogen-bond donors (Lipinski definition) is 2. The Hall–Kier alpha value is -1.70. The van der Waals surface area contributed by atoms with Crippen molar-refractivity contribution in [1.82, 2.24) is 10.0 Å². The number of rotatable bonds is 8. The van der Waals surface area contributed by atoms with E-state index in [4.69, 9.17) is 0 Å². The fourth-order valence-electron chi connectivity index (χ4n) is 3.75. The van der Waals surface area contributed by atoms with Crippen LogP contribution in [0.25, 0.3) is 0 Å². The molecule has 5 nitrogen and oxygen atoms in total. The highest BCUT2D eigenvalue weighted by molar-refractivity contribution is 7.89. The van der Waals surface area contributed by atoms with Gasteiger partial charge < -0.3 is 5.32 Å². The summed E-state index contributed by atoms with van der Waals surface area (Å²) in [6.45, 7) is 4.41. The maximum atomic E-state index is 12.4. The van der Waals surface area contributed by atoms with Gasteiger partial charge in [0.1, 0.15) is 0 Å². The Morgan fingerprint density at radius 2 is 1.82 bits per heavy atom. The first-order valence-corrected chi connectivity index (χ1v) is 12.1. The van der Waals surface area contributed by atoms with Crippen LogP contribution in [0.2, 0.25) is 0 Å². The molecular formula is C21H28N2O3S2. The van der Waals surface area contributed by atoms with Crippen LogP contribution in [0.1, 0.15) is 55.9 Å². The van der Waals surface area contributed by atoms with Crippen LogP contribution in [0, 0.1) is 0 Å². The van der Waals surface area contributed by atoms with E-state index in [1.54, 1.807) is 23.5 Å². The van der Waals surface area contributed by atoms with E-state index in [-0.39, 0.29) is 22.8 Å². The van der Waals surface area contributed by atoms with Crippen LogP contribution in [0.4, 0.5) is 0 Å². The minimum absolute atomic E-state index is 0.00458. The third-order valence-corrected chi connectivity index (χ3v) is 8.04. The standard InChI is InChI=1S/C21H28N2O3S2/c1-16(2)17-7-9-18(10-8-17)28(25,26)23-14-20(24)22-15-21(11-3-4-12-21)19-6-5-13-27-19/h5-10,13,16,23H,3-4,11-12,14-15H2,1-2H3,(H,22,24). The number of thiophene rings is 1. The molecule has 1 aromatic heterocycles. The summed E-state index contributed by atoms with van der Waals surface area (Å²) in [5.41, 5.74) is 1.07. The van der Waals surface area contributed by atoms with Crippen molar-refractivity contribution < 1.29 is 13.2 Å². The summed E-state index contributed by atoms with van der Waals surface area (Å²) in [6, 6.07) is 11.0. The molecule has 1 aromatic carbocycles. The van der Waals surface area contributed by atoms with Crippen molar-refractivity contribution >= 4 is 27.3 Å². The van der Waals surface area contributed by atoms with E-state index in [9.17, 15) is 13.2 Å². The van der Waals surface area contributed by atoms with Crippen LogP contribution in [0.15, 0.2) is 46.7 Å². The van der Waals surface area contributed by atoms with Gasteiger partial charge in [-0.25, -0.2) is 13.1 Å². The molecule has 1 aliphatic carbocycles. The van der Waals surface area contributed by atoms with Gasteiger partial charge in [0.25, 0.3) is 0 Å². The fraction of sp³-hybridized carbons (Fsp3) is 0.476. The molecule has 1 heterocycles. The third kappa shape index (κ3) is 4.82. The van der Waals surface area contributed by atoms with Gasteiger partial charge in [-0.1, -0.05) is 44.9 Å². The second-order valence-corrected chi connectivity index (χ2v) is 10.5. The first-order chi connectivity index (χ1) is 13.3. The van der Waals surface area contributed by atoms with Crippen LogP contribution < -0.4 is 10.0 Å². The lowest BCUT2D eigenvalue weighted by atomic mass is 9.84. The molecule has 1 fully saturated rings. The summed E-state index contributed by atoms with van der Waals surface area (Å²) in [6.07, 6.45) is 4.43. The second kappa shape index (κ2) is 8.76. The van der Waals surface area contributed by atoms with Gasteiger partial charge in [-0.2, -0.15) is 0 Å². The van der Waals surface area contributed by atoms with Gasteiger partial charge >= 0.3 is 0 Å². The predicted octanol–water partition coefficient (Wildman–Crippen LogP) is 3.78. The third-order valence-electron chi connectivity index (χ3n) is 5.51. The minimum atomic E-state index is -3.70. The average Bonchev–Trinajstić information content (AvgIpc) is 3.37. The van der Waals surface area contributed by atoms with E-state index in [2.05, 4.69) is 35.3 Å². The van der Waals surface area contributed by atoms with Crippen LogP contribution in [0.3, 0.4) is 0 Å². The second-order valence-electron chi connectivity index (χ2n) is 7.79. The maximum Gasteiger partial charge on any atom is 0.241 e. The van der Waals surface area contributed by atoms with Crippen molar-refractivity contribution in [1.29, 1.82) is 0 Å². The van der Waals surface area contributed by atoms with E-state index < -0.39 is 10.0 Å². The Bertz CT molecular complexity index is 882. The number of hydrogen-bond acceptors (Lipinski definition) is 4. The summed E-state index contributed by atoms with van der Waals surface area (Å²) in [7, 11) is -3.70. The summed E-state index contributed by atoms with van der Waals surface area (Å²) in [4.78, 5) is 13.8. The van der Waals surface area contributed by atoms with E-state index >= 15 is 0 Å². The van der Waals surface area contributed by atoms with Crippen molar-refractivity contribution in [3.63, 3.8) is 0 Å². The molecule has 0 spiro atoms. The summed E-state index contributed by atoms with van der Waals surface area (Å²) in [5.74, 6) is 0.0342. The van der Waals surface area contributed by atoms with Crippen molar-refractivity contribution in [3.05, 3.63) is 52.2 Å². The molecule has 2 N–H and O–H groups in total. The maximum absolute atomic E-state index is 12.4. The SMILES string of the molecule is CC(C)c1ccc(S(=O)(=O)NCC(=O)NCC2(c3cccs3)CCCC2)cc1. The highest BCUT2D eigenvalue weighted by Gasteiger charge is 2.36. The molecule has 1 amide bonds. The predicted molar refractivity (Wildman–Crippen MR) is 113 cm³/mol. The summed E-state index contributed by atoms with van der Waals surface area (Å²) in [5, 5.41) is 5.01. The first kappa shape index (κ1) is 21.0. The van der Waals surface area contributed by atoms with Gasteiger partial charge in [0.2, 0.25) is 15.9 Å². The fourth-order valence-corrected chi connectivity index (χ4v) is 5.72. The van der Waals surface area contributed by atoms with Gasteiger partial charge in [-0.15, -0.1) is 11.3 Å². The molecular weight excluding hydrogens is 392 g/mol. The van der Waals surface area contributed by atoms with E-state index in [0.717, 1.165) is 31.2 Å². The zero-order valence-corrected chi connectivity index (χ0v) is 18.0. The zero-order chi connectivity index (χ0) is 20.2. The van der Waals surface area contributed by atoms with Gasteiger partial charge in [0.05, 0.1) is 11.4 Å². The van der Waals surface area contributed by atoms with Crippen LogP contribution in [-0.4, -0.2) is 27.4 Å². The lowest BCUT2D eigenvalue weighted by molar-refractivity contribution is -0.120. The van der Waals surface area contributed by atoms with Gasteiger partial charge in [-0.3, -0.25) is 4.79 Å². The molecule has 1 saturated carbocycles. The number of amides is 1. The first-order valence-electron chi connectivity index (χ1n) is 9.73. The highest BCUT2D eigenvalue weighted by atomic mass is 32.2. The summed E-state index contributed by atoms with van der Waals surface area (Å²) < 4.78 is 27.3. The van der Waals surface area contributed by atoms with Crippen molar-refractivity contribution in [2.75, 3.05) is 13.1 Å². The molecule has 7 heteroatoms. The average molecular weight is 421 g/mol. The minimum Gasteiger partial charge on any atom is -0.354 e. The quantitative estimate of drug-likeness (QED) is 0.682. The Balaban J connectivity index is 1.56. The monoisotopic (exact) mass is 420 g/mol. The largest absolute Gasteiger partial charge is 0.354 e.